The van der Waals surface area contributed by atoms with E-state index in [1.807, 2.05) is 29.2 Å². The van der Waals surface area contributed by atoms with Gasteiger partial charge in [-0.2, -0.15) is 0 Å². The predicted octanol–water partition coefficient (Wildman–Crippen LogP) is 3.29. The highest BCUT2D eigenvalue weighted by molar-refractivity contribution is 6.04. The van der Waals surface area contributed by atoms with Crippen molar-refractivity contribution in [1.29, 1.82) is 0 Å². The summed E-state index contributed by atoms with van der Waals surface area (Å²) in [5.41, 5.74) is 2.16. The monoisotopic (exact) mass is 396 g/mol. The fourth-order valence-corrected chi connectivity index (χ4v) is 3.35. The van der Waals surface area contributed by atoms with Gasteiger partial charge in [0.05, 0.1) is 24.8 Å². The minimum atomic E-state index is -0.206. The number of anilines is 1. The van der Waals surface area contributed by atoms with Crippen LogP contribution >= 0.6 is 0 Å². The maximum atomic E-state index is 12.6. The molecule has 1 aliphatic rings. The van der Waals surface area contributed by atoms with Crippen LogP contribution in [-0.2, 0) is 11.3 Å². The van der Waals surface area contributed by atoms with Crippen LogP contribution in [0.3, 0.4) is 0 Å². The van der Waals surface area contributed by atoms with E-state index in [9.17, 15) is 9.59 Å². The van der Waals surface area contributed by atoms with E-state index in [0.717, 1.165) is 12.0 Å². The predicted molar refractivity (Wildman–Crippen MR) is 112 cm³/mol. The lowest BCUT2D eigenvalue weighted by Crippen LogP contribution is -2.52. The molecule has 7 heteroatoms. The maximum absolute atomic E-state index is 12.6. The van der Waals surface area contributed by atoms with Gasteiger partial charge >= 0.3 is 6.03 Å². The topological polar surface area (TPSA) is 83.6 Å². The average molecular weight is 396 g/mol. The van der Waals surface area contributed by atoms with Gasteiger partial charge in [-0.1, -0.05) is 26.0 Å². The third-order valence-electron chi connectivity index (χ3n) is 4.81. The highest BCUT2D eigenvalue weighted by Crippen LogP contribution is 2.16. The van der Waals surface area contributed by atoms with Gasteiger partial charge in [0.2, 0.25) is 0 Å². The van der Waals surface area contributed by atoms with E-state index in [1.165, 1.54) is 6.20 Å². The van der Waals surface area contributed by atoms with Crippen molar-refractivity contribution in [3.8, 4) is 0 Å². The molecule has 1 aliphatic heterocycles. The molecule has 0 aliphatic carbocycles. The molecule has 3 amide bonds. The number of hydrogen-bond donors (Lipinski definition) is 2. The SMILES string of the molecule is CC(C)C[C@H]1COCCN1C(=O)NCc1ccc(NC(=O)c2cccnc2)cc1. The molecule has 3 rings (SSSR count). The molecule has 2 aromatic rings. The summed E-state index contributed by atoms with van der Waals surface area (Å²) in [5, 5.41) is 5.83. The number of benzene rings is 1. The second-order valence-corrected chi connectivity index (χ2v) is 7.60. The Balaban J connectivity index is 1.51. The van der Waals surface area contributed by atoms with Crippen molar-refractivity contribution in [3.63, 3.8) is 0 Å². The lowest BCUT2D eigenvalue weighted by atomic mass is 10.0. The zero-order valence-electron chi connectivity index (χ0n) is 16.9. The van der Waals surface area contributed by atoms with Gasteiger partial charge in [-0.05, 0) is 42.2 Å². The summed E-state index contributed by atoms with van der Waals surface area (Å²) < 4.78 is 5.54. The molecule has 0 unspecified atom stereocenters. The highest BCUT2D eigenvalue weighted by atomic mass is 16.5. The van der Waals surface area contributed by atoms with Gasteiger partial charge in [0.25, 0.3) is 5.91 Å². The van der Waals surface area contributed by atoms with Gasteiger partial charge in [0, 0.05) is 31.2 Å². The van der Waals surface area contributed by atoms with Crippen molar-refractivity contribution in [2.45, 2.75) is 32.9 Å². The second kappa shape index (κ2) is 10.0. The van der Waals surface area contributed by atoms with Crippen LogP contribution in [0.2, 0.25) is 0 Å². The van der Waals surface area contributed by atoms with E-state index < -0.39 is 0 Å². The quantitative estimate of drug-likeness (QED) is 0.785. The Hall–Kier alpha value is -2.93. The van der Waals surface area contributed by atoms with Crippen molar-refractivity contribution in [2.75, 3.05) is 25.1 Å². The highest BCUT2D eigenvalue weighted by Gasteiger charge is 2.27. The molecular formula is C22H28N4O3. The molecule has 0 bridgehead atoms. The number of ether oxygens (including phenoxy) is 1. The van der Waals surface area contributed by atoms with Crippen LogP contribution in [0.4, 0.5) is 10.5 Å². The summed E-state index contributed by atoms with van der Waals surface area (Å²) in [4.78, 5) is 30.6. The first-order valence-corrected chi connectivity index (χ1v) is 9.95. The second-order valence-electron chi connectivity index (χ2n) is 7.60. The Morgan fingerprint density at radius 1 is 1.24 bits per heavy atom. The number of pyridine rings is 1. The van der Waals surface area contributed by atoms with Crippen molar-refractivity contribution in [3.05, 3.63) is 59.9 Å². The molecule has 1 fully saturated rings. The van der Waals surface area contributed by atoms with Gasteiger partial charge < -0.3 is 20.3 Å². The third-order valence-corrected chi connectivity index (χ3v) is 4.81. The number of carbonyl (C=O) groups is 2. The van der Waals surface area contributed by atoms with E-state index >= 15 is 0 Å². The van der Waals surface area contributed by atoms with Crippen molar-refractivity contribution >= 4 is 17.6 Å². The summed E-state index contributed by atoms with van der Waals surface area (Å²) in [6.07, 6.45) is 4.08. The van der Waals surface area contributed by atoms with Gasteiger partial charge in [-0.3, -0.25) is 9.78 Å². The normalized spacial score (nSPS) is 16.5. The number of nitrogens with zero attached hydrogens (tertiary/aromatic N) is 2. The lowest BCUT2D eigenvalue weighted by Gasteiger charge is -2.36. The summed E-state index contributed by atoms with van der Waals surface area (Å²) in [6, 6.07) is 10.9. The standard InChI is InChI=1S/C22H28N4O3/c1-16(2)12-20-15-29-11-10-26(20)22(28)24-13-17-5-7-19(8-6-17)25-21(27)18-4-3-9-23-14-18/h3-9,14,16,20H,10-13,15H2,1-2H3,(H,24,28)(H,25,27)/t20-/m0/s1. The molecule has 7 nitrogen and oxygen atoms in total. The molecule has 1 aromatic heterocycles. The Labute approximate surface area is 171 Å². The molecule has 0 spiro atoms. The third kappa shape index (κ3) is 6.02. The van der Waals surface area contributed by atoms with Crippen LogP contribution in [0.15, 0.2) is 48.8 Å². The van der Waals surface area contributed by atoms with Crippen LogP contribution in [0.1, 0.15) is 36.2 Å². The number of nitrogens with one attached hydrogen (secondary N) is 2. The number of amides is 3. The van der Waals surface area contributed by atoms with Crippen molar-refractivity contribution in [1.82, 2.24) is 15.2 Å². The maximum Gasteiger partial charge on any atom is 0.318 e. The Morgan fingerprint density at radius 3 is 2.72 bits per heavy atom. The van der Waals surface area contributed by atoms with Crippen LogP contribution in [0.5, 0.6) is 0 Å². The number of hydrogen-bond acceptors (Lipinski definition) is 4. The number of morpholine rings is 1. The summed E-state index contributed by atoms with van der Waals surface area (Å²) in [5.74, 6) is 0.300. The molecule has 1 saturated heterocycles. The van der Waals surface area contributed by atoms with E-state index in [1.54, 1.807) is 18.3 Å². The van der Waals surface area contributed by atoms with E-state index in [0.29, 0.717) is 43.5 Å². The van der Waals surface area contributed by atoms with E-state index in [4.69, 9.17) is 4.74 Å². The first kappa shape index (κ1) is 20.8. The molecule has 2 heterocycles. The fraction of sp³-hybridized carbons (Fsp3) is 0.409. The Morgan fingerprint density at radius 2 is 2.03 bits per heavy atom. The molecule has 154 valence electrons. The first-order valence-electron chi connectivity index (χ1n) is 9.95. The molecule has 29 heavy (non-hydrogen) atoms. The Bertz CT molecular complexity index is 809. The van der Waals surface area contributed by atoms with Crippen molar-refractivity contribution < 1.29 is 14.3 Å². The molecule has 2 N–H and O–H groups in total. The minimum Gasteiger partial charge on any atom is -0.377 e. The van der Waals surface area contributed by atoms with E-state index in [2.05, 4.69) is 29.5 Å². The molecule has 0 radical (unpaired) electrons. The van der Waals surface area contributed by atoms with Gasteiger partial charge in [0.15, 0.2) is 0 Å². The van der Waals surface area contributed by atoms with Crippen molar-refractivity contribution in [2.24, 2.45) is 5.92 Å². The largest absolute Gasteiger partial charge is 0.377 e. The van der Waals surface area contributed by atoms with Crippen LogP contribution < -0.4 is 10.6 Å². The van der Waals surface area contributed by atoms with Crippen LogP contribution in [0.25, 0.3) is 0 Å². The molecular weight excluding hydrogens is 368 g/mol. The smallest absolute Gasteiger partial charge is 0.318 e. The Kier molecular flexibility index (Phi) is 7.19. The lowest BCUT2D eigenvalue weighted by molar-refractivity contribution is 0.00551. The average Bonchev–Trinajstić information content (AvgIpc) is 2.73. The van der Waals surface area contributed by atoms with Gasteiger partial charge in [0.1, 0.15) is 0 Å². The molecule has 0 saturated carbocycles. The number of rotatable bonds is 6. The first-order chi connectivity index (χ1) is 14.0. The number of aromatic nitrogens is 1. The van der Waals surface area contributed by atoms with Crippen LogP contribution in [-0.4, -0.2) is 47.6 Å². The zero-order valence-corrected chi connectivity index (χ0v) is 16.9. The van der Waals surface area contributed by atoms with E-state index in [-0.39, 0.29) is 18.0 Å². The fourth-order valence-electron chi connectivity index (χ4n) is 3.35. The zero-order chi connectivity index (χ0) is 20.6. The van der Waals surface area contributed by atoms with Gasteiger partial charge in [-0.15, -0.1) is 0 Å². The summed E-state index contributed by atoms with van der Waals surface area (Å²) in [7, 11) is 0. The number of urea groups is 1. The molecule has 1 atom stereocenters. The molecule has 1 aromatic carbocycles. The number of carbonyl (C=O) groups excluding carboxylic acids is 2. The van der Waals surface area contributed by atoms with Crippen LogP contribution in [0, 0.1) is 5.92 Å². The summed E-state index contributed by atoms with van der Waals surface area (Å²) >= 11 is 0. The summed E-state index contributed by atoms with van der Waals surface area (Å²) in [6.45, 7) is 6.52. The van der Waals surface area contributed by atoms with Gasteiger partial charge in [-0.25, -0.2) is 4.79 Å². The minimum absolute atomic E-state index is 0.0621.